The number of aliphatic hydroxyl groups excluding tert-OH is 1. The van der Waals surface area contributed by atoms with Gasteiger partial charge in [0.25, 0.3) is 0 Å². The van der Waals surface area contributed by atoms with Gasteiger partial charge in [0.15, 0.2) is 5.78 Å². The van der Waals surface area contributed by atoms with E-state index in [2.05, 4.69) is 95.3 Å². The van der Waals surface area contributed by atoms with Crippen LogP contribution in [0.25, 0.3) is 52.3 Å². The van der Waals surface area contributed by atoms with E-state index in [9.17, 15) is 9.90 Å². The summed E-state index contributed by atoms with van der Waals surface area (Å²) in [6.07, 6.45) is 7.86. The Kier molecular flexibility index (Phi) is 13.4. The molecule has 3 nitrogen and oxygen atoms in total. The first kappa shape index (κ1) is 41.9. The summed E-state index contributed by atoms with van der Waals surface area (Å²) in [5, 5.41) is 16.6. The Morgan fingerprint density at radius 1 is 0.808 bits per heavy atom. The van der Waals surface area contributed by atoms with E-state index >= 15 is 0 Å². The average Bonchev–Trinajstić information content (AvgIpc) is 3.70. The van der Waals surface area contributed by atoms with Crippen molar-refractivity contribution in [2.24, 2.45) is 16.7 Å². The normalized spacial score (nSPS) is 12.8. The second-order valence-corrected chi connectivity index (χ2v) is 18.3. The van der Waals surface area contributed by atoms with Gasteiger partial charge in [-0.2, -0.15) is 0 Å². The van der Waals surface area contributed by atoms with E-state index < -0.39 is 0 Å². The van der Waals surface area contributed by atoms with E-state index in [-0.39, 0.29) is 47.9 Å². The minimum atomic E-state index is -0.337. The molecular weight excluding hydrogens is 855 g/mol. The Balaban J connectivity index is 0.000000289. The third-order valence-electron chi connectivity index (χ3n) is 11.1. The average molecular weight is 911 g/mol. The number of pyridine rings is 1. The zero-order valence-corrected chi connectivity index (χ0v) is 36.9. The number of benzene rings is 3. The largest absolute Gasteiger partial charge is 0.512 e. The fourth-order valence-corrected chi connectivity index (χ4v) is 9.48. The van der Waals surface area contributed by atoms with Crippen molar-refractivity contribution in [3.8, 4) is 11.3 Å². The molecule has 0 atom stereocenters. The van der Waals surface area contributed by atoms with Crippen LogP contribution in [0.4, 0.5) is 0 Å². The predicted molar refractivity (Wildman–Crippen MR) is 225 cm³/mol. The Morgan fingerprint density at radius 3 is 2.06 bits per heavy atom. The summed E-state index contributed by atoms with van der Waals surface area (Å²) in [4.78, 5) is 18.6. The second kappa shape index (κ2) is 16.6. The summed E-state index contributed by atoms with van der Waals surface area (Å²) in [5.41, 5.74) is 2.91. The van der Waals surface area contributed by atoms with Crippen LogP contribution >= 0.6 is 22.7 Å². The fourth-order valence-electron chi connectivity index (χ4n) is 6.67. The van der Waals surface area contributed by atoms with Gasteiger partial charge in [-0.05, 0) is 66.3 Å². The SMILES string of the molecule is CC(C)Cc1cc2ccc3c4ccnc(-c5[c-]c6ccccc6c(C(C)(C)C)c5)c4sc3c2s1.CCC(C)(CC)C(=O)/C=C(\O)C(C)(CC)CC.[Ir]. The van der Waals surface area contributed by atoms with Gasteiger partial charge in [0, 0.05) is 63.9 Å². The summed E-state index contributed by atoms with van der Waals surface area (Å²) < 4.78 is 4.06. The number of thiophene rings is 2. The molecule has 279 valence electrons. The first-order chi connectivity index (χ1) is 24.1. The number of rotatable bonds is 10. The van der Waals surface area contributed by atoms with Crippen molar-refractivity contribution in [1.29, 1.82) is 0 Å². The van der Waals surface area contributed by atoms with E-state index in [1.54, 1.807) is 0 Å². The quantitative estimate of drug-likeness (QED) is 0.0846. The first-order valence-electron chi connectivity index (χ1n) is 18.7. The number of nitrogens with zero attached hydrogens (tertiary/aromatic N) is 1. The van der Waals surface area contributed by atoms with Gasteiger partial charge < -0.3 is 5.11 Å². The van der Waals surface area contributed by atoms with Crippen LogP contribution < -0.4 is 0 Å². The van der Waals surface area contributed by atoms with Crippen molar-refractivity contribution in [2.75, 3.05) is 0 Å². The summed E-state index contributed by atoms with van der Waals surface area (Å²) in [6, 6.07) is 23.8. The van der Waals surface area contributed by atoms with Crippen molar-refractivity contribution in [2.45, 2.75) is 114 Å². The Morgan fingerprint density at radius 2 is 1.44 bits per heavy atom. The monoisotopic (exact) mass is 911 g/mol. The molecule has 6 heteroatoms. The topological polar surface area (TPSA) is 50.2 Å². The molecule has 1 radical (unpaired) electrons. The number of carbonyl (C=O) groups is 1. The van der Waals surface area contributed by atoms with Gasteiger partial charge in [0.1, 0.15) is 5.76 Å². The molecule has 0 fully saturated rings. The first-order valence-corrected chi connectivity index (χ1v) is 20.4. The van der Waals surface area contributed by atoms with E-state index in [1.807, 2.05) is 70.4 Å². The molecule has 0 unspecified atom stereocenters. The molecule has 3 heterocycles. The molecule has 3 aromatic carbocycles. The zero-order chi connectivity index (χ0) is 37.3. The van der Waals surface area contributed by atoms with E-state index in [1.165, 1.54) is 52.2 Å². The third kappa shape index (κ3) is 8.41. The van der Waals surface area contributed by atoms with E-state index in [0.29, 0.717) is 5.92 Å². The van der Waals surface area contributed by atoms with Crippen LogP contribution in [-0.4, -0.2) is 15.9 Å². The molecule has 0 saturated heterocycles. The van der Waals surface area contributed by atoms with Crippen LogP contribution in [0.15, 0.2) is 72.6 Å². The van der Waals surface area contributed by atoms with Crippen molar-refractivity contribution in [3.63, 3.8) is 0 Å². The molecule has 1 N–H and O–H groups in total. The van der Waals surface area contributed by atoms with Crippen LogP contribution in [0.3, 0.4) is 0 Å². The Hall–Kier alpha value is -2.89. The molecular formula is C46H56IrNO2S2-. The van der Waals surface area contributed by atoms with Crippen LogP contribution in [0.5, 0.6) is 0 Å². The van der Waals surface area contributed by atoms with Gasteiger partial charge in [-0.1, -0.05) is 117 Å². The molecule has 0 saturated carbocycles. The molecule has 52 heavy (non-hydrogen) atoms. The fraction of sp³-hybridized carbons (Fsp3) is 0.435. The van der Waals surface area contributed by atoms with Gasteiger partial charge in [0.05, 0.1) is 9.40 Å². The van der Waals surface area contributed by atoms with Crippen molar-refractivity contribution in [1.82, 2.24) is 4.98 Å². The molecule has 0 spiro atoms. The van der Waals surface area contributed by atoms with Gasteiger partial charge in [-0.25, -0.2) is 0 Å². The smallest absolute Gasteiger partial charge is 0.164 e. The van der Waals surface area contributed by atoms with Crippen LogP contribution in [0.1, 0.15) is 112 Å². The zero-order valence-electron chi connectivity index (χ0n) is 32.9. The summed E-state index contributed by atoms with van der Waals surface area (Å²) >= 11 is 3.85. The minimum absolute atomic E-state index is 0. The van der Waals surface area contributed by atoms with Crippen LogP contribution in [0.2, 0.25) is 0 Å². The summed E-state index contributed by atoms with van der Waals surface area (Å²) in [5.74, 6) is 0.955. The van der Waals surface area contributed by atoms with Crippen molar-refractivity contribution < 1.29 is 30.0 Å². The second-order valence-electron chi connectivity index (χ2n) is 16.1. The molecule has 0 bridgehead atoms. The van der Waals surface area contributed by atoms with Crippen molar-refractivity contribution in [3.05, 3.63) is 89.1 Å². The maximum atomic E-state index is 12.2. The number of carbonyl (C=O) groups excluding carboxylic acids is 1. The van der Waals surface area contributed by atoms with Crippen molar-refractivity contribution >= 4 is 69.5 Å². The Labute approximate surface area is 333 Å². The molecule has 0 aliphatic rings. The van der Waals surface area contributed by atoms with Crippen LogP contribution in [0, 0.1) is 22.8 Å². The number of hydrogen-bond donors (Lipinski definition) is 1. The molecule has 6 rings (SSSR count). The number of allylic oxidation sites excluding steroid dienone is 2. The van der Waals surface area contributed by atoms with E-state index in [0.717, 1.165) is 48.7 Å². The number of ketones is 1. The number of fused-ring (bicyclic) bond motifs is 6. The predicted octanol–water partition coefficient (Wildman–Crippen LogP) is 14.4. The van der Waals surface area contributed by atoms with Gasteiger partial charge >= 0.3 is 0 Å². The molecule has 6 aromatic rings. The summed E-state index contributed by atoms with van der Waals surface area (Å²) in [6.45, 7) is 23.5. The maximum absolute atomic E-state index is 12.2. The molecule has 0 aliphatic heterocycles. The number of hydrogen-bond acceptors (Lipinski definition) is 5. The van der Waals surface area contributed by atoms with Gasteiger partial charge in [-0.3, -0.25) is 9.78 Å². The molecule has 0 amide bonds. The molecule has 3 aromatic heterocycles. The minimum Gasteiger partial charge on any atom is -0.512 e. The van der Waals surface area contributed by atoms with Gasteiger partial charge in [-0.15, -0.1) is 51.8 Å². The Bertz CT molecular complexity index is 2210. The summed E-state index contributed by atoms with van der Waals surface area (Å²) in [7, 11) is 0. The maximum Gasteiger partial charge on any atom is 0.164 e. The number of aromatic nitrogens is 1. The van der Waals surface area contributed by atoms with Crippen LogP contribution in [-0.2, 0) is 36.7 Å². The third-order valence-corrected chi connectivity index (χ3v) is 13.7. The standard InChI is InChI=1S/C31H28NS2.C15H28O2.Ir/c1-18(2)14-22-16-20-10-11-24-25-12-13-32-27(29(25)34-30(24)28(20)33-22)21-15-19-8-6-7-9-23(19)26(17-21)31(3,4)5;1-7-14(5,8-2)12(16)11-13(17)15(6,9-3)10-4;/h6-13,16-18H,14H2,1-5H3;11,16H,7-10H2,1-6H3;/q-1;;/b;12-11-;. The number of aliphatic hydroxyl groups is 1. The van der Waals surface area contributed by atoms with E-state index in [4.69, 9.17) is 4.98 Å². The molecule has 0 aliphatic carbocycles. The van der Waals surface area contributed by atoms with Gasteiger partial charge in [0.2, 0.25) is 0 Å².